The zero-order valence-electron chi connectivity index (χ0n) is 13.0. The average Bonchev–Trinajstić information content (AvgIpc) is 2.52. The van der Waals surface area contributed by atoms with Gasteiger partial charge in [-0.15, -0.1) is 0 Å². The lowest BCUT2D eigenvalue weighted by molar-refractivity contribution is 0.185. The van der Waals surface area contributed by atoms with Crippen molar-refractivity contribution in [2.24, 2.45) is 0 Å². The second kappa shape index (κ2) is 9.95. The summed E-state index contributed by atoms with van der Waals surface area (Å²) in [6.07, 6.45) is 1.48. The van der Waals surface area contributed by atoms with Crippen molar-refractivity contribution in [1.82, 2.24) is 9.97 Å². The average molecular weight is 282 g/mol. The fourth-order valence-corrected chi connectivity index (χ4v) is 1.52. The third-order valence-electron chi connectivity index (χ3n) is 2.33. The molecule has 112 valence electrons. The number of aryl methyl sites for hydroxylation is 1. The molecule has 0 unspecified atom stereocenters. The minimum absolute atomic E-state index is 0.357. The molecule has 0 saturated heterocycles. The van der Waals surface area contributed by atoms with Crippen LogP contribution in [0.25, 0.3) is 10.9 Å². The lowest BCUT2D eigenvalue weighted by atomic mass is 10.2. The molecule has 0 radical (unpaired) electrons. The third kappa shape index (κ3) is 4.33. The second-order valence-corrected chi connectivity index (χ2v) is 3.23. The fourth-order valence-electron chi connectivity index (χ4n) is 1.52. The zero-order valence-corrected chi connectivity index (χ0v) is 13.0. The number of rotatable bonds is 3. The van der Waals surface area contributed by atoms with E-state index in [1.807, 2.05) is 34.6 Å². The summed E-state index contributed by atoms with van der Waals surface area (Å²) in [4.78, 5) is 8.17. The van der Waals surface area contributed by atoms with E-state index in [4.69, 9.17) is 9.47 Å². The number of fused-ring (bicyclic) bond motifs is 1. The van der Waals surface area contributed by atoms with Crippen LogP contribution in [0.5, 0.6) is 11.5 Å². The molecule has 0 aliphatic heterocycles. The highest BCUT2D eigenvalue weighted by Crippen LogP contribution is 2.32. The maximum atomic E-state index is 12.2. The van der Waals surface area contributed by atoms with Gasteiger partial charge in [0.05, 0.1) is 12.6 Å². The van der Waals surface area contributed by atoms with Crippen molar-refractivity contribution in [3.05, 3.63) is 24.2 Å². The molecule has 20 heavy (non-hydrogen) atoms. The number of halogens is 1. The van der Waals surface area contributed by atoms with Gasteiger partial charge in [-0.1, -0.05) is 27.7 Å². The van der Waals surface area contributed by atoms with Gasteiger partial charge in [0.15, 0.2) is 11.5 Å². The first kappa shape index (κ1) is 18.1. The highest BCUT2D eigenvalue weighted by Gasteiger charge is 2.09. The number of ether oxygens (including phenoxy) is 2. The van der Waals surface area contributed by atoms with Crippen LogP contribution >= 0.6 is 0 Å². The molecule has 5 heteroatoms. The van der Waals surface area contributed by atoms with Crippen molar-refractivity contribution >= 4 is 10.9 Å². The summed E-state index contributed by atoms with van der Waals surface area (Å²) >= 11 is 0. The van der Waals surface area contributed by atoms with Crippen LogP contribution in [-0.4, -0.2) is 23.9 Å². The molecule has 0 saturated carbocycles. The topological polar surface area (TPSA) is 44.2 Å². The van der Waals surface area contributed by atoms with E-state index >= 15 is 0 Å². The molecule has 0 fully saturated rings. The molecule has 0 N–H and O–H groups in total. The number of nitrogens with zero attached hydrogens (tertiary/aromatic N) is 2. The van der Waals surface area contributed by atoms with Crippen molar-refractivity contribution in [3.63, 3.8) is 0 Å². The highest BCUT2D eigenvalue weighted by atomic mass is 19.1. The van der Waals surface area contributed by atoms with E-state index in [1.54, 1.807) is 12.1 Å². The van der Waals surface area contributed by atoms with Gasteiger partial charge in [0.1, 0.15) is 6.33 Å². The number of hydrogen-bond acceptors (Lipinski definition) is 4. The first-order chi connectivity index (χ1) is 9.76. The first-order valence-electron chi connectivity index (χ1n) is 6.74. The Morgan fingerprint density at radius 2 is 1.70 bits per heavy atom. The Morgan fingerprint density at radius 3 is 2.25 bits per heavy atom. The summed E-state index contributed by atoms with van der Waals surface area (Å²) in [6, 6.07) is 3.39. The normalized spacial score (nSPS) is 8.95. The van der Waals surface area contributed by atoms with Gasteiger partial charge in [-0.05, 0) is 13.0 Å². The van der Waals surface area contributed by atoms with Crippen molar-refractivity contribution in [2.45, 2.75) is 34.6 Å². The Balaban J connectivity index is 0.000000829. The van der Waals surface area contributed by atoms with Crippen molar-refractivity contribution < 1.29 is 13.9 Å². The molecule has 1 aromatic carbocycles. The zero-order chi connectivity index (χ0) is 15.5. The Morgan fingerprint density at radius 1 is 1.05 bits per heavy atom. The van der Waals surface area contributed by atoms with Crippen LogP contribution in [0, 0.1) is 6.92 Å². The third-order valence-corrected chi connectivity index (χ3v) is 2.33. The number of benzene rings is 1. The SMILES string of the molecule is CC.CC.COc1cc2ncnc(C)c2cc1OCF. The minimum atomic E-state index is -0.894. The molecule has 2 rings (SSSR count). The van der Waals surface area contributed by atoms with Gasteiger partial charge in [-0.25, -0.2) is 14.4 Å². The van der Waals surface area contributed by atoms with Crippen LogP contribution < -0.4 is 9.47 Å². The van der Waals surface area contributed by atoms with Crippen molar-refractivity contribution in [2.75, 3.05) is 14.0 Å². The summed E-state index contributed by atoms with van der Waals surface area (Å²) in [5.41, 5.74) is 1.56. The molecule has 2 aromatic rings. The minimum Gasteiger partial charge on any atom is -0.493 e. The van der Waals surface area contributed by atoms with Crippen molar-refractivity contribution in [1.29, 1.82) is 0 Å². The maximum absolute atomic E-state index is 12.2. The summed E-state index contributed by atoms with van der Waals surface area (Å²) in [6.45, 7) is 8.96. The summed E-state index contributed by atoms with van der Waals surface area (Å²) in [5.74, 6) is 0.818. The lowest BCUT2D eigenvalue weighted by Crippen LogP contribution is -1.96. The second-order valence-electron chi connectivity index (χ2n) is 3.23. The smallest absolute Gasteiger partial charge is 0.228 e. The van der Waals surface area contributed by atoms with Crippen LogP contribution in [-0.2, 0) is 0 Å². The van der Waals surface area contributed by atoms with Gasteiger partial charge in [0.2, 0.25) is 6.86 Å². The molecule has 0 bridgehead atoms. The molecule has 0 amide bonds. The molecular weight excluding hydrogens is 259 g/mol. The summed E-state index contributed by atoms with van der Waals surface area (Å²) < 4.78 is 22.1. The standard InChI is InChI=1S/C11H11FN2O2.2C2H6/c1-7-8-3-11(16-5-12)10(15-2)4-9(8)14-6-13-7;2*1-2/h3-4,6H,5H2,1-2H3;2*1-2H3. The van der Waals surface area contributed by atoms with Gasteiger partial charge in [0, 0.05) is 17.1 Å². The fraction of sp³-hybridized carbons (Fsp3) is 0.467. The molecule has 1 heterocycles. The predicted octanol–water partition coefficient (Wildman–Crippen LogP) is 4.31. The van der Waals surface area contributed by atoms with E-state index < -0.39 is 6.86 Å². The Labute approximate surface area is 120 Å². The number of methoxy groups -OCH3 is 1. The molecular formula is C15H23FN2O2. The Hall–Kier alpha value is -1.91. The van der Waals surface area contributed by atoms with E-state index in [2.05, 4.69) is 9.97 Å². The monoisotopic (exact) mass is 282 g/mol. The Kier molecular flexibility index (Phi) is 9.00. The van der Waals surface area contributed by atoms with Gasteiger partial charge in [-0.2, -0.15) is 0 Å². The Bertz CT molecular complexity index is 518. The van der Waals surface area contributed by atoms with Crippen LogP contribution in [0.15, 0.2) is 18.5 Å². The molecule has 0 spiro atoms. The maximum Gasteiger partial charge on any atom is 0.228 e. The number of aromatic nitrogens is 2. The molecule has 4 nitrogen and oxygen atoms in total. The summed E-state index contributed by atoms with van der Waals surface area (Å²) in [7, 11) is 1.50. The molecule has 0 aliphatic rings. The summed E-state index contributed by atoms with van der Waals surface area (Å²) in [5, 5.41) is 0.826. The van der Waals surface area contributed by atoms with Crippen LogP contribution in [0.1, 0.15) is 33.4 Å². The highest BCUT2D eigenvalue weighted by molar-refractivity contribution is 5.84. The van der Waals surface area contributed by atoms with E-state index in [0.29, 0.717) is 11.5 Å². The van der Waals surface area contributed by atoms with E-state index in [1.165, 1.54) is 13.4 Å². The molecule has 1 aromatic heterocycles. The van der Waals surface area contributed by atoms with E-state index in [9.17, 15) is 4.39 Å². The predicted molar refractivity (Wildman–Crippen MR) is 80.1 cm³/mol. The molecule has 0 aliphatic carbocycles. The number of hydrogen-bond donors (Lipinski definition) is 0. The van der Waals surface area contributed by atoms with Crippen molar-refractivity contribution in [3.8, 4) is 11.5 Å². The molecule has 0 atom stereocenters. The van der Waals surface area contributed by atoms with Crippen LogP contribution in [0.3, 0.4) is 0 Å². The lowest BCUT2D eigenvalue weighted by Gasteiger charge is -2.09. The van der Waals surface area contributed by atoms with E-state index in [0.717, 1.165) is 16.6 Å². The van der Waals surface area contributed by atoms with Gasteiger partial charge < -0.3 is 9.47 Å². The first-order valence-corrected chi connectivity index (χ1v) is 6.74. The quantitative estimate of drug-likeness (QED) is 0.841. The van der Waals surface area contributed by atoms with Gasteiger partial charge in [0.25, 0.3) is 0 Å². The van der Waals surface area contributed by atoms with Crippen LogP contribution in [0.4, 0.5) is 4.39 Å². The van der Waals surface area contributed by atoms with Gasteiger partial charge in [-0.3, -0.25) is 0 Å². The largest absolute Gasteiger partial charge is 0.493 e. The number of alkyl halides is 1. The van der Waals surface area contributed by atoms with E-state index in [-0.39, 0.29) is 0 Å². The van der Waals surface area contributed by atoms with Crippen LogP contribution in [0.2, 0.25) is 0 Å². The van der Waals surface area contributed by atoms with Gasteiger partial charge >= 0.3 is 0 Å².